The highest BCUT2D eigenvalue weighted by molar-refractivity contribution is 9.10. The van der Waals surface area contributed by atoms with Gasteiger partial charge in [-0.15, -0.1) is 0 Å². The SMILES string of the molecule is C=CCOc1ccc(/C=C2/SC(=O)N(CC(=O)Nc3ccccc3Cl)C2=O)cc1Br. The van der Waals surface area contributed by atoms with Crippen molar-refractivity contribution in [2.24, 2.45) is 0 Å². The van der Waals surface area contributed by atoms with Gasteiger partial charge in [-0.05, 0) is 63.6 Å². The van der Waals surface area contributed by atoms with Crippen LogP contribution in [0.5, 0.6) is 5.75 Å². The molecule has 0 saturated carbocycles. The number of hydrogen-bond donors (Lipinski definition) is 1. The quantitative estimate of drug-likeness (QED) is 0.404. The summed E-state index contributed by atoms with van der Waals surface area (Å²) in [6.45, 7) is 3.57. The first kappa shape index (κ1) is 22.1. The van der Waals surface area contributed by atoms with Crippen molar-refractivity contribution in [3.05, 3.63) is 75.1 Å². The molecule has 0 atom stereocenters. The van der Waals surface area contributed by atoms with E-state index < -0.39 is 23.6 Å². The molecule has 3 amide bonds. The molecule has 1 N–H and O–H groups in total. The summed E-state index contributed by atoms with van der Waals surface area (Å²) in [5, 5.41) is 2.46. The lowest BCUT2D eigenvalue weighted by Crippen LogP contribution is -2.36. The molecule has 0 aliphatic carbocycles. The number of thioether (sulfide) groups is 1. The minimum atomic E-state index is -0.526. The average molecular weight is 508 g/mol. The zero-order valence-corrected chi connectivity index (χ0v) is 18.7. The van der Waals surface area contributed by atoms with E-state index in [2.05, 4.69) is 27.8 Å². The Morgan fingerprint density at radius 3 is 2.73 bits per heavy atom. The number of nitrogens with zero attached hydrogens (tertiary/aromatic N) is 1. The summed E-state index contributed by atoms with van der Waals surface area (Å²) in [6.07, 6.45) is 3.23. The Balaban J connectivity index is 1.69. The lowest BCUT2D eigenvalue weighted by Gasteiger charge is -2.13. The fourth-order valence-corrected chi connectivity index (χ4v) is 4.09. The largest absolute Gasteiger partial charge is 0.488 e. The van der Waals surface area contributed by atoms with Crippen LogP contribution in [-0.4, -0.2) is 35.1 Å². The lowest BCUT2D eigenvalue weighted by molar-refractivity contribution is -0.127. The van der Waals surface area contributed by atoms with Gasteiger partial charge in [-0.2, -0.15) is 0 Å². The second-order valence-electron chi connectivity index (χ2n) is 6.09. The zero-order chi connectivity index (χ0) is 21.7. The standard InChI is InChI=1S/C21H16BrClN2O4S/c1-2-9-29-17-8-7-13(10-14(17)22)11-18-20(27)25(21(28)30-18)12-19(26)24-16-6-4-3-5-15(16)23/h2-8,10-11H,1,9,12H2,(H,24,26)/b18-11+. The molecule has 30 heavy (non-hydrogen) atoms. The van der Waals surface area contributed by atoms with Crippen LogP contribution in [0.25, 0.3) is 6.08 Å². The van der Waals surface area contributed by atoms with Crippen LogP contribution in [0.1, 0.15) is 5.56 Å². The van der Waals surface area contributed by atoms with E-state index in [1.165, 1.54) is 0 Å². The molecular formula is C21H16BrClN2O4S. The topological polar surface area (TPSA) is 75.7 Å². The van der Waals surface area contributed by atoms with E-state index in [0.717, 1.165) is 16.7 Å². The fourth-order valence-electron chi connectivity index (χ4n) is 2.56. The predicted octanol–water partition coefficient (Wildman–Crippen LogP) is 5.34. The third-order valence-corrected chi connectivity index (χ3v) is 5.79. The van der Waals surface area contributed by atoms with Gasteiger partial charge in [0.2, 0.25) is 5.91 Å². The van der Waals surface area contributed by atoms with E-state index in [-0.39, 0.29) is 4.91 Å². The molecule has 3 rings (SSSR count). The van der Waals surface area contributed by atoms with Crippen LogP contribution < -0.4 is 10.1 Å². The molecule has 2 aromatic carbocycles. The second kappa shape index (κ2) is 9.97. The number of carbonyl (C=O) groups is 3. The number of carbonyl (C=O) groups excluding carboxylic acids is 3. The Kier molecular flexibility index (Phi) is 7.36. The van der Waals surface area contributed by atoms with Gasteiger partial charge in [0.1, 0.15) is 18.9 Å². The zero-order valence-electron chi connectivity index (χ0n) is 15.6. The summed E-state index contributed by atoms with van der Waals surface area (Å²) in [7, 11) is 0. The molecule has 6 nitrogen and oxygen atoms in total. The van der Waals surface area contributed by atoms with Gasteiger partial charge in [0, 0.05) is 0 Å². The van der Waals surface area contributed by atoms with Gasteiger partial charge < -0.3 is 10.1 Å². The lowest BCUT2D eigenvalue weighted by atomic mass is 10.2. The number of rotatable bonds is 7. The Morgan fingerprint density at radius 1 is 1.27 bits per heavy atom. The fraction of sp³-hybridized carbons (Fsp3) is 0.0952. The van der Waals surface area contributed by atoms with Gasteiger partial charge in [0.25, 0.3) is 11.1 Å². The van der Waals surface area contributed by atoms with E-state index >= 15 is 0 Å². The summed E-state index contributed by atoms with van der Waals surface area (Å²) in [5.41, 5.74) is 1.12. The number of anilines is 1. The van der Waals surface area contributed by atoms with Gasteiger partial charge in [0.05, 0.1) is 20.1 Å². The van der Waals surface area contributed by atoms with Gasteiger partial charge in [-0.25, -0.2) is 0 Å². The molecular weight excluding hydrogens is 492 g/mol. The first-order valence-corrected chi connectivity index (χ1v) is 10.7. The minimum absolute atomic E-state index is 0.234. The molecule has 1 fully saturated rings. The predicted molar refractivity (Wildman–Crippen MR) is 123 cm³/mol. The average Bonchev–Trinajstić information content (AvgIpc) is 2.96. The van der Waals surface area contributed by atoms with Crippen LogP contribution in [-0.2, 0) is 9.59 Å². The smallest absolute Gasteiger partial charge is 0.294 e. The Morgan fingerprint density at radius 2 is 2.03 bits per heavy atom. The number of benzene rings is 2. The third kappa shape index (κ3) is 5.33. The number of hydrogen-bond acceptors (Lipinski definition) is 5. The van der Waals surface area contributed by atoms with Crippen LogP contribution in [0, 0.1) is 0 Å². The maximum atomic E-state index is 12.6. The summed E-state index contributed by atoms with van der Waals surface area (Å²) >= 11 is 10.2. The van der Waals surface area contributed by atoms with Gasteiger partial charge in [-0.3, -0.25) is 19.3 Å². The highest BCUT2D eigenvalue weighted by Gasteiger charge is 2.36. The molecule has 9 heteroatoms. The van der Waals surface area contributed by atoms with Crippen molar-refractivity contribution in [2.45, 2.75) is 0 Å². The van der Waals surface area contributed by atoms with Crippen molar-refractivity contribution in [3.63, 3.8) is 0 Å². The molecule has 1 aliphatic rings. The summed E-state index contributed by atoms with van der Waals surface area (Å²) < 4.78 is 6.20. The second-order valence-corrected chi connectivity index (χ2v) is 8.34. The number of amides is 3. The van der Waals surface area contributed by atoms with Crippen LogP contribution in [0.3, 0.4) is 0 Å². The molecule has 0 aromatic heterocycles. The Bertz CT molecular complexity index is 1060. The van der Waals surface area contributed by atoms with E-state index in [9.17, 15) is 14.4 Å². The van der Waals surface area contributed by atoms with Crippen molar-refractivity contribution >= 4 is 68.1 Å². The summed E-state index contributed by atoms with van der Waals surface area (Å²) in [5.74, 6) is -0.406. The molecule has 1 aliphatic heterocycles. The van der Waals surface area contributed by atoms with Gasteiger partial charge in [-0.1, -0.05) is 42.5 Å². The van der Waals surface area contributed by atoms with E-state index in [1.54, 1.807) is 54.6 Å². The van der Waals surface area contributed by atoms with Crippen LogP contribution in [0.4, 0.5) is 10.5 Å². The Labute approximate surface area is 191 Å². The maximum absolute atomic E-state index is 12.6. The first-order valence-electron chi connectivity index (χ1n) is 8.72. The molecule has 0 spiro atoms. The van der Waals surface area contributed by atoms with E-state index in [0.29, 0.717) is 33.1 Å². The summed E-state index contributed by atoms with van der Waals surface area (Å²) in [6, 6.07) is 12.0. The number of para-hydroxylation sites is 1. The molecule has 0 unspecified atom stereocenters. The molecule has 0 radical (unpaired) electrons. The normalized spacial score (nSPS) is 14.9. The number of ether oxygens (including phenoxy) is 1. The number of nitrogens with one attached hydrogen (secondary N) is 1. The third-order valence-electron chi connectivity index (χ3n) is 3.93. The number of imide groups is 1. The molecule has 1 saturated heterocycles. The van der Waals surface area contributed by atoms with Crippen LogP contribution in [0.15, 0.2) is 64.5 Å². The molecule has 0 bridgehead atoms. The van der Waals surface area contributed by atoms with Crippen molar-refractivity contribution in [1.82, 2.24) is 4.90 Å². The minimum Gasteiger partial charge on any atom is -0.488 e. The monoisotopic (exact) mass is 506 g/mol. The first-order chi connectivity index (χ1) is 14.4. The van der Waals surface area contributed by atoms with Crippen molar-refractivity contribution in [3.8, 4) is 5.75 Å². The molecule has 1 heterocycles. The van der Waals surface area contributed by atoms with Gasteiger partial charge >= 0.3 is 0 Å². The highest BCUT2D eigenvalue weighted by Crippen LogP contribution is 2.34. The van der Waals surface area contributed by atoms with Gasteiger partial charge in [0.15, 0.2) is 0 Å². The molecule has 154 valence electrons. The highest BCUT2D eigenvalue weighted by atomic mass is 79.9. The van der Waals surface area contributed by atoms with Crippen molar-refractivity contribution in [2.75, 3.05) is 18.5 Å². The van der Waals surface area contributed by atoms with Crippen molar-refractivity contribution < 1.29 is 19.1 Å². The maximum Gasteiger partial charge on any atom is 0.294 e. The van der Waals surface area contributed by atoms with Crippen molar-refractivity contribution in [1.29, 1.82) is 0 Å². The molecule has 2 aromatic rings. The van der Waals surface area contributed by atoms with Crippen LogP contribution >= 0.6 is 39.3 Å². The number of halogens is 2. The van der Waals surface area contributed by atoms with E-state index in [1.807, 2.05) is 0 Å². The Hall–Kier alpha value is -2.55. The summed E-state index contributed by atoms with van der Waals surface area (Å²) in [4.78, 5) is 38.3. The van der Waals surface area contributed by atoms with Crippen LogP contribution in [0.2, 0.25) is 5.02 Å². The van der Waals surface area contributed by atoms with E-state index in [4.69, 9.17) is 16.3 Å².